The van der Waals surface area contributed by atoms with Gasteiger partial charge in [0.05, 0.1) is 33.3 Å². The smallest absolute Gasteiger partial charge is 0.0986 e. The second-order valence-electron chi connectivity index (χ2n) is 9.81. The maximum atomic E-state index is 5.18. The minimum absolute atomic E-state index is 0.194. The summed E-state index contributed by atoms with van der Waals surface area (Å²) in [5.41, 5.74) is 7.34. The first-order valence-electron chi connectivity index (χ1n) is 13.2. The predicted molar refractivity (Wildman–Crippen MR) is 171 cm³/mol. The number of nitrogens with zero attached hydrogens (tertiary/aromatic N) is 3. The third kappa shape index (κ3) is 5.38. The molecule has 3 heterocycles. The van der Waals surface area contributed by atoms with Crippen LogP contribution in [0.2, 0.25) is 0 Å². The molecule has 4 aromatic carbocycles. The van der Waals surface area contributed by atoms with Crippen molar-refractivity contribution in [1.82, 2.24) is 0 Å². The summed E-state index contributed by atoms with van der Waals surface area (Å²) in [7, 11) is 0. The van der Waals surface area contributed by atoms with Crippen LogP contribution in [-0.2, 0) is 0 Å². The molecule has 3 aliphatic rings. The first kappa shape index (κ1) is 24.9. The number of benzene rings is 4. The molecular formula is C33H27N3S3. The van der Waals surface area contributed by atoms with E-state index in [4.69, 9.17) is 15.0 Å². The lowest BCUT2D eigenvalue weighted by molar-refractivity contribution is 0.849. The van der Waals surface area contributed by atoms with Gasteiger partial charge in [0, 0.05) is 33.9 Å². The Morgan fingerprint density at radius 1 is 0.410 bits per heavy atom. The van der Waals surface area contributed by atoms with Crippen molar-refractivity contribution < 1.29 is 0 Å². The minimum atomic E-state index is 0.194. The molecule has 3 nitrogen and oxygen atoms in total. The molecule has 0 saturated heterocycles. The summed E-state index contributed by atoms with van der Waals surface area (Å²) >= 11 is 5.56. The van der Waals surface area contributed by atoms with Crippen LogP contribution in [0.25, 0.3) is 0 Å². The van der Waals surface area contributed by atoms with Crippen molar-refractivity contribution in [2.24, 2.45) is 15.0 Å². The molecule has 0 unspecified atom stereocenters. The van der Waals surface area contributed by atoms with E-state index in [1.807, 2.05) is 35.3 Å². The van der Waals surface area contributed by atoms with Gasteiger partial charge in [-0.05, 0) is 34.9 Å². The van der Waals surface area contributed by atoms with Crippen molar-refractivity contribution >= 4 is 50.4 Å². The van der Waals surface area contributed by atoms with E-state index in [0.717, 1.165) is 32.4 Å². The zero-order valence-electron chi connectivity index (χ0n) is 21.3. The van der Waals surface area contributed by atoms with Crippen molar-refractivity contribution in [2.75, 3.05) is 17.3 Å². The van der Waals surface area contributed by atoms with Crippen LogP contribution in [-0.4, -0.2) is 32.4 Å². The van der Waals surface area contributed by atoms with Gasteiger partial charge < -0.3 is 0 Å². The molecule has 6 heteroatoms. The van der Waals surface area contributed by atoms with E-state index in [-0.39, 0.29) is 18.1 Å². The Balaban J connectivity index is 1.26. The molecule has 3 aliphatic heterocycles. The van der Waals surface area contributed by atoms with Gasteiger partial charge in [-0.1, -0.05) is 91.0 Å². The van der Waals surface area contributed by atoms with E-state index in [0.29, 0.717) is 0 Å². The molecule has 0 amide bonds. The Kier molecular flexibility index (Phi) is 7.16. The molecule has 0 aliphatic carbocycles. The van der Waals surface area contributed by atoms with Crippen molar-refractivity contribution in [1.29, 1.82) is 0 Å². The van der Waals surface area contributed by atoms with Crippen LogP contribution in [0.1, 0.15) is 51.5 Å². The lowest BCUT2D eigenvalue weighted by Crippen LogP contribution is -2.03. The zero-order chi connectivity index (χ0) is 26.0. The second kappa shape index (κ2) is 11.2. The molecule has 7 rings (SSSR count). The number of hydrogen-bond donors (Lipinski definition) is 0. The summed E-state index contributed by atoms with van der Waals surface area (Å²) in [6, 6.07) is 39.3. The van der Waals surface area contributed by atoms with Crippen LogP contribution < -0.4 is 0 Å². The minimum Gasteiger partial charge on any atom is -0.269 e. The lowest BCUT2D eigenvalue weighted by Gasteiger charge is -2.10. The largest absolute Gasteiger partial charge is 0.269 e. The Morgan fingerprint density at radius 2 is 0.692 bits per heavy atom. The third-order valence-electron chi connectivity index (χ3n) is 7.18. The molecule has 0 aromatic heterocycles. The van der Waals surface area contributed by atoms with Gasteiger partial charge in [0.1, 0.15) is 0 Å². The van der Waals surface area contributed by atoms with E-state index in [1.54, 1.807) is 0 Å². The molecule has 0 radical (unpaired) electrons. The zero-order valence-corrected chi connectivity index (χ0v) is 23.8. The fourth-order valence-corrected chi connectivity index (χ4v) is 8.34. The third-order valence-corrected chi connectivity index (χ3v) is 10.5. The van der Waals surface area contributed by atoms with Crippen LogP contribution in [0.4, 0.5) is 0 Å². The van der Waals surface area contributed by atoms with E-state index in [1.165, 1.54) is 33.4 Å². The van der Waals surface area contributed by atoms with Gasteiger partial charge in [-0.3, -0.25) is 15.0 Å². The van der Waals surface area contributed by atoms with Crippen LogP contribution in [0.5, 0.6) is 0 Å². The number of hydrogen-bond acceptors (Lipinski definition) is 6. The van der Waals surface area contributed by atoms with Crippen LogP contribution in [0, 0.1) is 0 Å². The lowest BCUT2D eigenvalue weighted by atomic mass is 10.1. The van der Waals surface area contributed by atoms with E-state index in [9.17, 15) is 0 Å². The topological polar surface area (TPSA) is 37.1 Å². The Morgan fingerprint density at radius 3 is 0.974 bits per heavy atom. The first-order chi connectivity index (χ1) is 19.3. The monoisotopic (exact) mass is 561 g/mol. The highest BCUT2D eigenvalue weighted by Gasteiger charge is 2.27. The summed E-state index contributed by atoms with van der Waals surface area (Å²) in [6.45, 7) is 0. The van der Waals surface area contributed by atoms with Gasteiger partial charge in [0.25, 0.3) is 0 Å². The quantitative estimate of drug-likeness (QED) is 0.237. The highest BCUT2D eigenvalue weighted by Crippen LogP contribution is 2.38. The van der Waals surface area contributed by atoms with Crippen molar-refractivity contribution in [3.63, 3.8) is 0 Å². The molecule has 4 aromatic rings. The first-order valence-corrected chi connectivity index (χ1v) is 16.2. The Bertz CT molecular complexity index is 1360. The average Bonchev–Trinajstić information content (AvgIpc) is 3.80. The summed E-state index contributed by atoms with van der Waals surface area (Å²) in [5, 5.41) is 3.33. The molecule has 0 fully saturated rings. The fourth-order valence-electron chi connectivity index (χ4n) is 5.13. The molecule has 0 spiro atoms. The molecule has 0 N–H and O–H groups in total. The molecule has 0 bridgehead atoms. The second-order valence-corrected chi connectivity index (χ2v) is 12.8. The fraction of sp³-hybridized carbons (Fsp3) is 0.182. The molecule has 0 saturated carbocycles. The normalized spacial score (nSPS) is 22.5. The van der Waals surface area contributed by atoms with Gasteiger partial charge in [-0.15, -0.1) is 35.3 Å². The maximum absolute atomic E-state index is 5.18. The van der Waals surface area contributed by atoms with Gasteiger partial charge in [-0.25, -0.2) is 0 Å². The SMILES string of the molecule is c1ccc([C@@H]2CSC(c3cc(C4=N[C@H](c5ccccc5)CS4)cc(C4=N[C@H](c5ccccc5)CS4)c3)=N2)cc1. The van der Waals surface area contributed by atoms with Crippen LogP contribution >= 0.6 is 35.3 Å². The Hall–Kier alpha value is -3.06. The molecule has 192 valence electrons. The van der Waals surface area contributed by atoms with Gasteiger partial charge >= 0.3 is 0 Å². The van der Waals surface area contributed by atoms with Gasteiger partial charge in [0.15, 0.2) is 0 Å². The number of rotatable bonds is 6. The summed E-state index contributed by atoms with van der Waals surface area (Å²) in [5.74, 6) is 2.91. The van der Waals surface area contributed by atoms with Gasteiger partial charge in [0.2, 0.25) is 0 Å². The van der Waals surface area contributed by atoms with Crippen molar-refractivity contribution in [3.05, 3.63) is 143 Å². The molecule has 3 atom stereocenters. The summed E-state index contributed by atoms with van der Waals surface area (Å²) in [6.07, 6.45) is 0. The predicted octanol–water partition coefficient (Wildman–Crippen LogP) is 8.39. The van der Waals surface area contributed by atoms with E-state index < -0.39 is 0 Å². The standard InChI is InChI=1S/C33H27N3S3/c1-4-10-22(11-5-1)28-19-37-31(34-28)25-16-26(32-35-29(20-38-32)23-12-6-2-7-13-23)18-27(17-25)33-36-30(21-39-33)24-14-8-3-9-15-24/h1-18,28-30H,19-21H2/t28-,29-,30-/m0/s1. The summed E-state index contributed by atoms with van der Waals surface area (Å²) in [4.78, 5) is 15.5. The molecule has 39 heavy (non-hydrogen) atoms. The van der Waals surface area contributed by atoms with Crippen molar-refractivity contribution in [2.45, 2.75) is 18.1 Å². The molecular weight excluding hydrogens is 535 g/mol. The van der Waals surface area contributed by atoms with Crippen LogP contribution in [0.3, 0.4) is 0 Å². The average molecular weight is 562 g/mol. The summed E-state index contributed by atoms with van der Waals surface area (Å²) < 4.78 is 0. The highest BCUT2D eigenvalue weighted by molar-refractivity contribution is 8.15. The number of thioether (sulfide) groups is 3. The Labute approximate surface area is 242 Å². The van der Waals surface area contributed by atoms with Crippen LogP contribution in [0.15, 0.2) is 124 Å². The van der Waals surface area contributed by atoms with Crippen molar-refractivity contribution in [3.8, 4) is 0 Å². The van der Waals surface area contributed by atoms with E-state index >= 15 is 0 Å². The van der Waals surface area contributed by atoms with E-state index in [2.05, 4.69) is 109 Å². The number of aliphatic imine (C=N–C) groups is 3. The highest BCUT2D eigenvalue weighted by atomic mass is 32.2. The maximum Gasteiger partial charge on any atom is 0.0986 e. The van der Waals surface area contributed by atoms with Gasteiger partial charge in [-0.2, -0.15) is 0 Å².